The Hall–Kier alpha value is -3.14. The Labute approximate surface area is 147 Å². The second-order valence-electron chi connectivity index (χ2n) is 6.13. The number of pyridine rings is 1. The van der Waals surface area contributed by atoms with Gasteiger partial charge in [-0.3, -0.25) is 9.78 Å². The molecule has 3 rings (SSSR count). The van der Waals surface area contributed by atoms with E-state index in [1.54, 1.807) is 18.5 Å². The minimum atomic E-state index is -0.138. The van der Waals surface area contributed by atoms with E-state index in [9.17, 15) is 4.79 Å². The summed E-state index contributed by atoms with van der Waals surface area (Å²) in [6, 6.07) is 18.0. The summed E-state index contributed by atoms with van der Waals surface area (Å²) in [6.07, 6.45) is 3.28. The molecule has 2 N–H and O–H groups in total. The zero-order valence-corrected chi connectivity index (χ0v) is 14.4. The largest absolute Gasteiger partial charge is 0.354 e. The van der Waals surface area contributed by atoms with Crippen LogP contribution in [0.2, 0.25) is 0 Å². The third-order valence-corrected chi connectivity index (χ3v) is 3.88. The highest BCUT2D eigenvalue weighted by atomic mass is 16.1. The van der Waals surface area contributed by atoms with Crippen molar-refractivity contribution < 1.29 is 4.79 Å². The molecule has 0 aliphatic rings. The van der Waals surface area contributed by atoms with Crippen molar-refractivity contribution in [1.82, 2.24) is 10.3 Å². The number of anilines is 2. The summed E-state index contributed by atoms with van der Waals surface area (Å²) < 4.78 is 0. The first kappa shape index (κ1) is 16.7. The predicted molar refractivity (Wildman–Crippen MR) is 101 cm³/mol. The summed E-state index contributed by atoms with van der Waals surface area (Å²) in [5.41, 5.74) is 5.73. The Morgan fingerprint density at radius 2 is 1.72 bits per heavy atom. The average molecular weight is 331 g/mol. The van der Waals surface area contributed by atoms with E-state index in [0.29, 0.717) is 12.1 Å². The molecule has 0 aliphatic heterocycles. The number of carbonyl (C=O) groups excluding carboxylic acids is 1. The van der Waals surface area contributed by atoms with Crippen LogP contribution < -0.4 is 10.6 Å². The Morgan fingerprint density at radius 3 is 2.48 bits per heavy atom. The molecule has 25 heavy (non-hydrogen) atoms. The molecule has 0 saturated carbocycles. The molecule has 0 radical (unpaired) electrons. The van der Waals surface area contributed by atoms with Crippen LogP contribution in [0.15, 0.2) is 67.0 Å². The minimum absolute atomic E-state index is 0.138. The number of rotatable bonds is 5. The summed E-state index contributed by atoms with van der Waals surface area (Å²) in [5, 5.41) is 6.21. The Morgan fingerprint density at radius 1 is 0.920 bits per heavy atom. The highest BCUT2D eigenvalue weighted by Crippen LogP contribution is 2.17. The van der Waals surface area contributed by atoms with Crippen molar-refractivity contribution in [2.24, 2.45) is 0 Å². The number of aromatic nitrogens is 1. The van der Waals surface area contributed by atoms with Gasteiger partial charge in [-0.25, -0.2) is 0 Å². The SMILES string of the molecule is Cc1ccc(CNC(=O)c2cncc(Nc3cccc(C)c3)c2)cc1. The van der Waals surface area contributed by atoms with E-state index >= 15 is 0 Å². The van der Waals surface area contributed by atoms with Gasteiger partial charge < -0.3 is 10.6 Å². The molecule has 1 aromatic heterocycles. The Balaban J connectivity index is 1.65. The fraction of sp³-hybridized carbons (Fsp3) is 0.143. The van der Waals surface area contributed by atoms with Crippen molar-refractivity contribution in [3.8, 4) is 0 Å². The molecule has 0 atom stereocenters. The van der Waals surface area contributed by atoms with E-state index in [0.717, 1.165) is 16.9 Å². The summed E-state index contributed by atoms with van der Waals surface area (Å²) >= 11 is 0. The van der Waals surface area contributed by atoms with E-state index in [1.165, 1.54) is 11.1 Å². The standard InChI is InChI=1S/C21H21N3O/c1-15-6-8-17(9-7-15)12-23-21(25)18-11-20(14-22-13-18)24-19-5-3-4-16(2)10-19/h3-11,13-14,24H,12H2,1-2H3,(H,23,25). The maximum atomic E-state index is 12.4. The molecule has 1 heterocycles. The molecule has 0 unspecified atom stereocenters. The number of aryl methyl sites for hydroxylation is 2. The second kappa shape index (κ2) is 7.62. The quantitative estimate of drug-likeness (QED) is 0.730. The molecule has 0 fully saturated rings. The molecular formula is C21H21N3O. The van der Waals surface area contributed by atoms with Crippen molar-refractivity contribution in [1.29, 1.82) is 0 Å². The zero-order chi connectivity index (χ0) is 17.6. The van der Waals surface area contributed by atoms with Crippen molar-refractivity contribution in [3.05, 3.63) is 89.2 Å². The lowest BCUT2D eigenvalue weighted by molar-refractivity contribution is 0.0950. The molecule has 0 saturated heterocycles. The second-order valence-corrected chi connectivity index (χ2v) is 6.13. The van der Waals surface area contributed by atoms with E-state index in [1.807, 2.05) is 62.4 Å². The molecule has 0 spiro atoms. The molecule has 4 heteroatoms. The van der Waals surface area contributed by atoms with Crippen LogP contribution in [0, 0.1) is 13.8 Å². The van der Waals surface area contributed by atoms with Crippen LogP contribution in [-0.2, 0) is 6.54 Å². The monoisotopic (exact) mass is 331 g/mol. The number of hydrogen-bond acceptors (Lipinski definition) is 3. The van der Waals surface area contributed by atoms with Crippen molar-refractivity contribution >= 4 is 17.3 Å². The van der Waals surface area contributed by atoms with Gasteiger partial charge in [-0.1, -0.05) is 42.0 Å². The first-order valence-corrected chi connectivity index (χ1v) is 8.23. The predicted octanol–water partition coefficient (Wildman–Crippen LogP) is 4.37. The number of nitrogens with zero attached hydrogens (tertiary/aromatic N) is 1. The number of nitrogens with one attached hydrogen (secondary N) is 2. The molecule has 0 bridgehead atoms. The molecule has 0 aliphatic carbocycles. The van der Waals surface area contributed by atoms with Gasteiger partial charge in [0.1, 0.15) is 0 Å². The van der Waals surface area contributed by atoms with Crippen molar-refractivity contribution in [2.45, 2.75) is 20.4 Å². The zero-order valence-electron chi connectivity index (χ0n) is 14.4. The molecule has 4 nitrogen and oxygen atoms in total. The van der Waals surface area contributed by atoms with Crippen LogP contribution in [0.5, 0.6) is 0 Å². The molecular weight excluding hydrogens is 310 g/mol. The number of amides is 1. The fourth-order valence-corrected chi connectivity index (χ4v) is 2.51. The highest BCUT2D eigenvalue weighted by molar-refractivity contribution is 5.94. The summed E-state index contributed by atoms with van der Waals surface area (Å²) in [7, 11) is 0. The van der Waals surface area contributed by atoms with E-state index < -0.39 is 0 Å². The van der Waals surface area contributed by atoms with Gasteiger partial charge in [-0.05, 0) is 43.2 Å². The smallest absolute Gasteiger partial charge is 0.253 e. The van der Waals surface area contributed by atoms with Gasteiger partial charge in [-0.2, -0.15) is 0 Å². The maximum absolute atomic E-state index is 12.4. The highest BCUT2D eigenvalue weighted by Gasteiger charge is 2.07. The lowest BCUT2D eigenvalue weighted by atomic mass is 10.1. The summed E-state index contributed by atoms with van der Waals surface area (Å²) in [4.78, 5) is 16.5. The molecule has 3 aromatic rings. The van der Waals surface area contributed by atoms with Gasteiger partial charge in [0.15, 0.2) is 0 Å². The van der Waals surface area contributed by atoms with Gasteiger partial charge in [-0.15, -0.1) is 0 Å². The van der Waals surface area contributed by atoms with E-state index in [2.05, 4.69) is 15.6 Å². The third kappa shape index (κ3) is 4.67. The first-order chi connectivity index (χ1) is 12.1. The van der Waals surface area contributed by atoms with Crippen LogP contribution in [0.4, 0.5) is 11.4 Å². The van der Waals surface area contributed by atoms with Gasteiger partial charge in [0.25, 0.3) is 5.91 Å². The van der Waals surface area contributed by atoms with Crippen LogP contribution in [-0.4, -0.2) is 10.9 Å². The minimum Gasteiger partial charge on any atom is -0.354 e. The fourth-order valence-electron chi connectivity index (χ4n) is 2.51. The molecule has 1 amide bonds. The van der Waals surface area contributed by atoms with Crippen LogP contribution in [0.25, 0.3) is 0 Å². The van der Waals surface area contributed by atoms with E-state index in [-0.39, 0.29) is 5.91 Å². The number of hydrogen-bond donors (Lipinski definition) is 2. The summed E-state index contributed by atoms with van der Waals surface area (Å²) in [5.74, 6) is -0.138. The van der Waals surface area contributed by atoms with E-state index in [4.69, 9.17) is 0 Å². The normalized spacial score (nSPS) is 10.3. The van der Waals surface area contributed by atoms with Gasteiger partial charge in [0, 0.05) is 18.4 Å². The number of carbonyl (C=O) groups is 1. The van der Waals surface area contributed by atoms with Gasteiger partial charge in [0.2, 0.25) is 0 Å². The van der Waals surface area contributed by atoms with Crippen LogP contribution >= 0.6 is 0 Å². The maximum Gasteiger partial charge on any atom is 0.253 e. The van der Waals surface area contributed by atoms with Gasteiger partial charge >= 0.3 is 0 Å². The topological polar surface area (TPSA) is 54.0 Å². The lowest BCUT2D eigenvalue weighted by Gasteiger charge is -2.09. The average Bonchev–Trinajstić information content (AvgIpc) is 2.61. The number of benzene rings is 2. The third-order valence-electron chi connectivity index (χ3n) is 3.88. The van der Waals surface area contributed by atoms with Crippen LogP contribution in [0.3, 0.4) is 0 Å². The Kier molecular flexibility index (Phi) is 5.09. The molecule has 126 valence electrons. The van der Waals surface area contributed by atoms with Gasteiger partial charge in [0.05, 0.1) is 17.4 Å². The van der Waals surface area contributed by atoms with Crippen LogP contribution in [0.1, 0.15) is 27.0 Å². The lowest BCUT2D eigenvalue weighted by Crippen LogP contribution is -2.23. The summed E-state index contributed by atoms with van der Waals surface area (Å²) in [6.45, 7) is 4.58. The Bertz CT molecular complexity index is 872. The van der Waals surface area contributed by atoms with Crippen molar-refractivity contribution in [2.75, 3.05) is 5.32 Å². The molecule has 2 aromatic carbocycles. The first-order valence-electron chi connectivity index (χ1n) is 8.23. The van der Waals surface area contributed by atoms with Crippen molar-refractivity contribution in [3.63, 3.8) is 0 Å².